The SMILES string of the molecule is O=C1[C@@H]2C[C@H](NS(=O)(=O)Cc3ccccc3Cl)CN2CCS(=O)(=O)N1C1CC1. The van der Waals surface area contributed by atoms with Crippen molar-refractivity contribution in [1.82, 2.24) is 13.9 Å². The lowest BCUT2D eigenvalue weighted by atomic mass is 10.1. The van der Waals surface area contributed by atoms with Gasteiger partial charge in [-0.3, -0.25) is 9.69 Å². The summed E-state index contributed by atoms with van der Waals surface area (Å²) in [6.45, 7) is 0.539. The molecule has 2 aliphatic heterocycles. The molecule has 1 saturated carbocycles. The minimum Gasteiger partial charge on any atom is -0.289 e. The van der Waals surface area contributed by atoms with E-state index in [0.29, 0.717) is 30.0 Å². The molecule has 11 heteroatoms. The quantitative estimate of drug-likeness (QED) is 0.706. The maximum Gasteiger partial charge on any atom is 0.253 e. The Bertz CT molecular complexity index is 994. The van der Waals surface area contributed by atoms with E-state index in [1.165, 1.54) is 0 Å². The van der Waals surface area contributed by atoms with Crippen LogP contribution in [0.2, 0.25) is 5.02 Å². The summed E-state index contributed by atoms with van der Waals surface area (Å²) in [5, 5.41) is 0.383. The van der Waals surface area contributed by atoms with E-state index in [1.54, 1.807) is 29.2 Å². The van der Waals surface area contributed by atoms with Crippen LogP contribution in [0, 0.1) is 0 Å². The molecule has 2 saturated heterocycles. The number of hydrogen-bond acceptors (Lipinski definition) is 6. The van der Waals surface area contributed by atoms with Gasteiger partial charge in [-0.25, -0.2) is 25.9 Å². The second-order valence-electron chi connectivity index (χ2n) is 7.59. The van der Waals surface area contributed by atoms with E-state index < -0.39 is 38.0 Å². The first-order valence-corrected chi connectivity index (χ1v) is 12.8. The van der Waals surface area contributed by atoms with Gasteiger partial charge < -0.3 is 0 Å². The zero-order valence-electron chi connectivity index (χ0n) is 15.1. The first kappa shape index (κ1) is 20.1. The Morgan fingerprint density at radius 1 is 1.21 bits per heavy atom. The summed E-state index contributed by atoms with van der Waals surface area (Å²) in [6.07, 6.45) is 1.66. The van der Waals surface area contributed by atoms with Crippen molar-refractivity contribution in [2.75, 3.05) is 18.8 Å². The van der Waals surface area contributed by atoms with Crippen molar-refractivity contribution in [2.24, 2.45) is 0 Å². The number of halogens is 1. The zero-order valence-corrected chi connectivity index (χ0v) is 17.5. The molecule has 2 heterocycles. The van der Waals surface area contributed by atoms with Crippen LogP contribution in [0.15, 0.2) is 24.3 Å². The predicted octanol–water partition coefficient (Wildman–Crippen LogP) is 0.537. The maximum atomic E-state index is 12.9. The number of benzene rings is 1. The van der Waals surface area contributed by atoms with Gasteiger partial charge >= 0.3 is 0 Å². The average molecular weight is 448 g/mol. The van der Waals surface area contributed by atoms with Gasteiger partial charge in [-0.1, -0.05) is 29.8 Å². The largest absolute Gasteiger partial charge is 0.289 e. The Hall–Kier alpha value is -1.20. The van der Waals surface area contributed by atoms with Gasteiger partial charge in [-0.2, -0.15) is 0 Å². The molecular weight excluding hydrogens is 426 g/mol. The highest BCUT2D eigenvalue weighted by Crippen LogP contribution is 2.34. The van der Waals surface area contributed by atoms with Crippen molar-refractivity contribution in [2.45, 2.75) is 43.1 Å². The fraction of sp³-hybridized carbons (Fsp3) is 0.588. The molecule has 2 atom stereocenters. The maximum absolute atomic E-state index is 12.9. The minimum absolute atomic E-state index is 0.120. The van der Waals surface area contributed by atoms with Gasteiger partial charge in [0, 0.05) is 30.2 Å². The fourth-order valence-electron chi connectivity index (χ4n) is 3.94. The van der Waals surface area contributed by atoms with Gasteiger partial charge in [0.1, 0.15) is 0 Å². The topological polar surface area (TPSA) is 104 Å². The summed E-state index contributed by atoms with van der Waals surface area (Å²) in [6, 6.07) is 5.47. The van der Waals surface area contributed by atoms with Crippen LogP contribution >= 0.6 is 11.6 Å². The summed E-state index contributed by atoms with van der Waals surface area (Å²) in [5.74, 6) is -0.789. The minimum atomic E-state index is -3.65. The van der Waals surface area contributed by atoms with Crippen molar-refractivity contribution in [1.29, 1.82) is 0 Å². The Morgan fingerprint density at radius 3 is 2.61 bits per heavy atom. The summed E-state index contributed by atoms with van der Waals surface area (Å²) in [7, 11) is -7.25. The Balaban J connectivity index is 1.47. The first-order chi connectivity index (χ1) is 13.2. The molecule has 0 bridgehead atoms. The van der Waals surface area contributed by atoms with Gasteiger partial charge in [0.25, 0.3) is 5.91 Å². The van der Waals surface area contributed by atoms with Gasteiger partial charge in [-0.05, 0) is 30.9 Å². The van der Waals surface area contributed by atoms with Crippen LogP contribution in [-0.2, 0) is 30.6 Å². The van der Waals surface area contributed by atoms with Crippen LogP contribution in [0.1, 0.15) is 24.8 Å². The van der Waals surface area contributed by atoms with Crippen molar-refractivity contribution < 1.29 is 21.6 Å². The van der Waals surface area contributed by atoms with Crippen LogP contribution in [0.25, 0.3) is 0 Å². The van der Waals surface area contributed by atoms with E-state index in [-0.39, 0.29) is 30.5 Å². The smallest absolute Gasteiger partial charge is 0.253 e. The molecule has 28 heavy (non-hydrogen) atoms. The highest BCUT2D eigenvalue weighted by Gasteiger charge is 2.50. The Kier molecular flexibility index (Phi) is 5.20. The second-order valence-corrected chi connectivity index (χ2v) is 11.7. The first-order valence-electron chi connectivity index (χ1n) is 9.20. The van der Waals surface area contributed by atoms with Gasteiger partial charge in [-0.15, -0.1) is 0 Å². The molecule has 1 N–H and O–H groups in total. The third-order valence-electron chi connectivity index (χ3n) is 5.37. The number of nitrogens with zero attached hydrogens (tertiary/aromatic N) is 2. The van der Waals surface area contributed by atoms with E-state index in [1.807, 2.05) is 0 Å². The number of sulfonamides is 2. The number of fused-ring (bicyclic) bond motifs is 1. The molecule has 4 rings (SSSR count). The van der Waals surface area contributed by atoms with E-state index in [0.717, 1.165) is 4.31 Å². The summed E-state index contributed by atoms with van der Waals surface area (Å²) >= 11 is 6.05. The highest BCUT2D eigenvalue weighted by molar-refractivity contribution is 7.89. The number of rotatable bonds is 5. The van der Waals surface area contributed by atoms with Crippen LogP contribution in [0.5, 0.6) is 0 Å². The van der Waals surface area contributed by atoms with E-state index >= 15 is 0 Å². The van der Waals surface area contributed by atoms with Crippen LogP contribution in [0.4, 0.5) is 0 Å². The van der Waals surface area contributed by atoms with Gasteiger partial charge in [0.2, 0.25) is 20.0 Å². The monoisotopic (exact) mass is 447 g/mol. The van der Waals surface area contributed by atoms with Crippen molar-refractivity contribution in [3.05, 3.63) is 34.9 Å². The van der Waals surface area contributed by atoms with Crippen LogP contribution < -0.4 is 4.72 Å². The number of amides is 1. The Morgan fingerprint density at radius 2 is 1.93 bits per heavy atom. The summed E-state index contributed by atoms with van der Waals surface area (Å²) in [4.78, 5) is 14.7. The van der Waals surface area contributed by atoms with Crippen LogP contribution in [0.3, 0.4) is 0 Å². The molecule has 3 fully saturated rings. The number of nitrogens with one attached hydrogen (secondary N) is 1. The summed E-state index contributed by atoms with van der Waals surface area (Å²) in [5.41, 5.74) is 0.506. The fourth-order valence-corrected chi connectivity index (χ4v) is 7.37. The third-order valence-corrected chi connectivity index (χ3v) is 8.90. The molecular formula is C17H22ClN3O5S2. The molecule has 0 spiro atoms. The summed E-state index contributed by atoms with van der Waals surface area (Å²) < 4.78 is 53.7. The molecule has 1 aliphatic carbocycles. The molecule has 1 amide bonds. The number of carbonyl (C=O) groups excluding carboxylic acids is 1. The molecule has 0 aromatic heterocycles. The van der Waals surface area contributed by atoms with Crippen LogP contribution in [-0.4, -0.2) is 68.9 Å². The molecule has 3 aliphatic rings. The van der Waals surface area contributed by atoms with Gasteiger partial charge in [0.05, 0.1) is 17.5 Å². The molecule has 0 unspecified atom stereocenters. The van der Waals surface area contributed by atoms with E-state index in [4.69, 9.17) is 11.6 Å². The van der Waals surface area contributed by atoms with Gasteiger partial charge in [0.15, 0.2) is 0 Å². The average Bonchev–Trinajstić information content (AvgIpc) is 3.35. The van der Waals surface area contributed by atoms with E-state index in [9.17, 15) is 21.6 Å². The van der Waals surface area contributed by atoms with Crippen molar-refractivity contribution in [3.8, 4) is 0 Å². The molecule has 0 radical (unpaired) electrons. The van der Waals surface area contributed by atoms with Crippen molar-refractivity contribution in [3.63, 3.8) is 0 Å². The third kappa shape index (κ3) is 4.06. The number of hydrogen-bond donors (Lipinski definition) is 1. The molecule has 8 nitrogen and oxygen atoms in total. The Labute approximate surface area is 169 Å². The normalized spacial score (nSPS) is 28.2. The van der Waals surface area contributed by atoms with Crippen molar-refractivity contribution >= 4 is 37.6 Å². The lowest BCUT2D eigenvalue weighted by Gasteiger charge is -2.23. The zero-order chi connectivity index (χ0) is 20.1. The predicted molar refractivity (Wildman–Crippen MR) is 105 cm³/mol. The lowest BCUT2D eigenvalue weighted by molar-refractivity contribution is -0.130. The molecule has 1 aromatic rings. The molecule has 1 aromatic carbocycles. The number of carbonyl (C=O) groups is 1. The molecule has 154 valence electrons. The highest BCUT2D eigenvalue weighted by atomic mass is 35.5. The standard InChI is InChI=1S/C17H22ClN3O5S2/c18-15-4-2-1-3-12(15)11-27(23,24)19-13-9-16-17(22)21(14-5-6-14)28(25,26)8-7-20(16)10-13/h1-4,13-14,16,19H,5-11H2/t13-,16-/m0/s1. The van der Waals surface area contributed by atoms with E-state index in [2.05, 4.69) is 4.72 Å². The lowest BCUT2D eigenvalue weighted by Crippen LogP contribution is -2.45. The second kappa shape index (κ2) is 7.24.